The number of benzene rings is 2. The van der Waals surface area contributed by atoms with Crippen LogP contribution in [-0.2, 0) is 6.42 Å². The second-order valence-corrected chi connectivity index (χ2v) is 6.50. The van der Waals surface area contributed by atoms with Crippen LogP contribution in [0.4, 0.5) is 0 Å². The van der Waals surface area contributed by atoms with Crippen molar-refractivity contribution < 1.29 is 19.1 Å². The van der Waals surface area contributed by atoms with Gasteiger partial charge >= 0.3 is 5.97 Å². The number of esters is 1. The van der Waals surface area contributed by atoms with Crippen LogP contribution in [-0.4, -0.2) is 28.8 Å². The lowest BCUT2D eigenvalue weighted by Crippen LogP contribution is -2.08. The Morgan fingerprint density at radius 2 is 1.69 bits per heavy atom. The number of aromatic nitrogens is 2. The fourth-order valence-electron chi connectivity index (χ4n) is 2.98. The highest BCUT2D eigenvalue weighted by Gasteiger charge is 2.14. The van der Waals surface area contributed by atoms with E-state index in [0.717, 1.165) is 10.9 Å². The van der Waals surface area contributed by atoms with Gasteiger partial charge in [-0.25, -0.2) is 9.78 Å². The molecular formula is C23H18N2O4. The molecule has 4 aromatic rings. The smallest absolute Gasteiger partial charge is 0.360 e. The van der Waals surface area contributed by atoms with Crippen molar-refractivity contribution in [2.45, 2.75) is 6.42 Å². The van der Waals surface area contributed by atoms with Crippen molar-refractivity contribution in [1.29, 1.82) is 0 Å². The number of rotatable bonds is 6. The van der Waals surface area contributed by atoms with Crippen LogP contribution in [0.3, 0.4) is 0 Å². The third kappa shape index (κ3) is 4.16. The van der Waals surface area contributed by atoms with E-state index in [0.29, 0.717) is 22.7 Å². The van der Waals surface area contributed by atoms with Crippen molar-refractivity contribution in [1.82, 2.24) is 9.97 Å². The molecular weight excluding hydrogens is 368 g/mol. The molecule has 2 heterocycles. The van der Waals surface area contributed by atoms with Gasteiger partial charge in [-0.15, -0.1) is 0 Å². The lowest BCUT2D eigenvalue weighted by molar-refractivity contribution is 0.0729. The monoisotopic (exact) mass is 386 g/mol. The van der Waals surface area contributed by atoms with Gasteiger partial charge < -0.3 is 14.5 Å². The second kappa shape index (κ2) is 7.98. The normalized spacial score (nSPS) is 10.7. The Hall–Kier alpha value is -3.93. The lowest BCUT2D eigenvalue weighted by Gasteiger charge is -2.03. The SMILES string of the molecule is COc1ccc(OC(=O)c2cc3cc(CC(=O)c4ccccc4)cnc3[nH]2)cc1. The van der Waals surface area contributed by atoms with E-state index in [-0.39, 0.29) is 17.9 Å². The van der Waals surface area contributed by atoms with E-state index in [9.17, 15) is 9.59 Å². The van der Waals surface area contributed by atoms with Gasteiger partial charge in [0.2, 0.25) is 0 Å². The molecule has 0 atom stereocenters. The van der Waals surface area contributed by atoms with Gasteiger partial charge in [-0.1, -0.05) is 30.3 Å². The zero-order valence-corrected chi connectivity index (χ0v) is 15.7. The molecule has 0 unspecified atom stereocenters. The molecule has 144 valence electrons. The van der Waals surface area contributed by atoms with Gasteiger partial charge in [0.1, 0.15) is 22.8 Å². The summed E-state index contributed by atoms with van der Waals surface area (Å²) < 4.78 is 10.5. The number of nitrogens with zero attached hydrogens (tertiary/aromatic N) is 1. The summed E-state index contributed by atoms with van der Waals surface area (Å²) in [4.78, 5) is 32.1. The van der Waals surface area contributed by atoms with Gasteiger partial charge in [0, 0.05) is 23.6 Å². The van der Waals surface area contributed by atoms with Gasteiger partial charge in [0.15, 0.2) is 5.78 Å². The number of methoxy groups -OCH3 is 1. The molecule has 6 heteroatoms. The Morgan fingerprint density at radius 3 is 2.41 bits per heavy atom. The number of ketones is 1. The molecule has 29 heavy (non-hydrogen) atoms. The van der Waals surface area contributed by atoms with Crippen LogP contribution in [0.2, 0.25) is 0 Å². The quantitative estimate of drug-likeness (QED) is 0.305. The standard InChI is InChI=1S/C23H18N2O4/c1-28-18-7-9-19(10-8-18)29-23(27)20-13-17-11-15(14-24-22(17)25-20)12-21(26)16-5-3-2-4-6-16/h2-11,13-14H,12H2,1H3,(H,24,25). The van der Waals surface area contributed by atoms with E-state index in [1.807, 2.05) is 24.3 Å². The summed E-state index contributed by atoms with van der Waals surface area (Å²) in [6.07, 6.45) is 1.88. The minimum Gasteiger partial charge on any atom is -0.497 e. The third-order valence-electron chi connectivity index (χ3n) is 4.48. The maximum atomic E-state index is 12.4. The largest absolute Gasteiger partial charge is 0.497 e. The molecule has 0 spiro atoms. The van der Waals surface area contributed by atoms with Crippen molar-refractivity contribution in [2.75, 3.05) is 7.11 Å². The van der Waals surface area contributed by atoms with Crippen molar-refractivity contribution in [3.63, 3.8) is 0 Å². The fraction of sp³-hybridized carbons (Fsp3) is 0.0870. The Morgan fingerprint density at radius 1 is 0.966 bits per heavy atom. The molecule has 0 aliphatic rings. The molecule has 0 aliphatic heterocycles. The molecule has 4 rings (SSSR count). The van der Waals surface area contributed by atoms with E-state index >= 15 is 0 Å². The molecule has 0 bridgehead atoms. The molecule has 1 N–H and O–H groups in total. The maximum Gasteiger partial charge on any atom is 0.360 e. The molecule has 0 radical (unpaired) electrons. The molecule has 0 saturated heterocycles. The summed E-state index contributed by atoms with van der Waals surface area (Å²) in [6.45, 7) is 0. The van der Waals surface area contributed by atoms with E-state index in [4.69, 9.17) is 9.47 Å². The van der Waals surface area contributed by atoms with Crippen LogP contribution in [0, 0.1) is 0 Å². The highest BCUT2D eigenvalue weighted by Crippen LogP contribution is 2.20. The van der Waals surface area contributed by atoms with Crippen LogP contribution in [0.5, 0.6) is 11.5 Å². The predicted octanol–water partition coefficient (Wildman–Crippen LogP) is 4.22. The third-order valence-corrected chi connectivity index (χ3v) is 4.48. The molecule has 0 fully saturated rings. The summed E-state index contributed by atoms with van der Waals surface area (Å²) in [5.41, 5.74) is 2.28. The minimum absolute atomic E-state index is 0.0152. The van der Waals surface area contributed by atoms with Gasteiger partial charge in [-0.05, 0) is 42.0 Å². The Labute approximate surface area is 167 Å². The van der Waals surface area contributed by atoms with Crippen LogP contribution < -0.4 is 9.47 Å². The van der Waals surface area contributed by atoms with Gasteiger partial charge in [0.25, 0.3) is 0 Å². The zero-order chi connectivity index (χ0) is 20.2. The Bertz CT molecular complexity index is 1160. The molecule has 0 aliphatic carbocycles. The van der Waals surface area contributed by atoms with Crippen molar-refractivity contribution in [2.24, 2.45) is 0 Å². The van der Waals surface area contributed by atoms with Crippen LogP contribution >= 0.6 is 0 Å². The number of nitrogens with one attached hydrogen (secondary N) is 1. The van der Waals surface area contributed by atoms with Crippen molar-refractivity contribution in [3.8, 4) is 11.5 Å². The van der Waals surface area contributed by atoms with Crippen molar-refractivity contribution in [3.05, 3.63) is 89.7 Å². The number of ether oxygens (including phenoxy) is 2. The first kappa shape index (κ1) is 18.4. The number of hydrogen-bond acceptors (Lipinski definition) is 5. The molecule has 0 saturated carbocycles. The molecule has 2 aromatic heterocycles. The van der Waals surface area contributed by atoms with Crippen molar-refractivity contribution >= 4 is 22.8 Å². The number of carbonyl (C=O) groups excluding carboxylic acids is 2. The minimum atomic E-state index is -0.518. The molecule has 6 nitrogen and oxygen atoms in total. The van der Waals surface area contributed by atoms with Gasteiger partial charge in [-0.3, -0.25) is 4.79 Å². The summed E-state index contributed by atoms with van der Waals surface area (Å²) in [5.74, 6) is 0.588. The average molecular weight is 386 g/mol. The van der Waals surface area contributed by atoms with Crippen LogP contribution in [0.25, 0.3) is 11.0 Å². The number of aromatic amines is 1. The highest BCUT2D eigenvalue weighted by atomic mass is 16.5. The summed E-state index contributed by atoms with van der Waals surface area (Å²) in [6, 6.07) is 19.4. The number of pyridine rings is 1. The predicted molar refractivity (Wildman–Crippen MR) is 109 cm³/mol. The highest BCUT2D eigenvalue weighted by molar-refractivity contribution is 5.98. The van der Waals surface area contributed by atoms with Gasteiger partial charge in [0.05, 0.1) is 7.11 Å². The fourth-order valence-corrected chi connectivity index (χ4v) is 2.98. The average Bonchev–Trinajstić information content (AvgIpc) is 3.18. The van der Waals surface area contributed by atoms with E-state index in [1.165, 1.54) is 0 Å². The number of Topliss-reactive ketones (excluding diaryl/α,β-unsaturated/α-hetero) is 1. The van der Waals surface area contributed by atoms with Crippen LogP contribution in [0.15, 0.2) is 72.9 Å². The Kier molecular flexibility index (Phi) is 5.07. The molecule has 2 aromatic carbocycles. The second-order valence-electron chi connectivity index (χ2n) is 6.50. The topological polar surface area (TPSA) is 81.3 Å². The van der Waals surface area contributed by atoms with E-state index in [1.54, 1.807) is 55.8 Å². The summed E-state index contributed by atoms with van der Waals surface area (Å²) in [7, 11) is 1.57. The number of fused-ring (bicyclic) bond motifs is 1. The van der Waals surface area contributed by atoms with E-state index < -0.39 is 5.97 Å². The van der Waals surface area contributed by atoms with Crippen LogP contribution in [0.1, 0.15) is 26.4 Å². The molecule has 0 amide bonds. The first-order chi connectivity index (χ1) is 14.1. The first-order valence-corrected chi connectivity index (χ1v) is 9.04. The number of hydrogen-bond donors (Lipinski definition) is 1. The number of H-pyrrole nitrogens is 1. The number of carbonyl (C=O) groups is 2. The lowest BCUT2D eigenvalue weighted by atomic mass is 10.0. The summed E-state index contributed by atoms with van der Waals surface area (Å²) >= 11 is 0. The zero-order valence-electron chi connectivity index (χ0n) is 15.7. The maximum absolute atomic E-state index is 12.4. The Balaban J connectivity index is 1.50. The first-order valence-electron chi connectivity index (χ1n) is 9.04. The summed E-state index contributed by atoms with van der Waals surface area (Å²) in [5, 5.41) is 0.741. The van der Waals surface area contributed by atoms with Gasteiger partial charge in [-0.2, -0.15) is 0 Å². The van der Waals surface area contributed by atoms with E-state index in [2.05, 4.69) is 9.97 Å².